The first-order valence-corrected chi connectivity index (χ1v) is 11.2. The van der Waals surface area contributed by atoms with Gasteiger partial charge in [0.2, 0.25) is 15.9 Å². The molecule has 1 amide bonds. The minimum absolute atomic E-state index is 0.0351. The van der Waals surface area contributed by atoms with Crippen LogP contribution in [0.2, 0.25) is 5.02 Å². The Morgan fingerprint density at radius 1 is 1.13 bits per heavy atom. The van der Waals surface area contributed by atoms with Crippen molar-refractivity contribution in [2.75, 3.05) is 18.4 Å². The molecule has 1 heterocycles. The van der Waals surface area contributed by atoms with Crippen molar-refractivity contribution in [3.8, 4) is 0 Å². The summed E-state index contributed by atoms with van der Waals surface area (Å²) in [5.41, 5.74) is -0.494. The van der Waals surface area contributed by atoms with Gasteiger partial charge in [0.15, 0.2) is 0 Å². The molecule has 0 aliphatic carbocycles. The molecule has 31 heavy (non-hydrogen) atoms. The number of sulfonamides is 1. The highest BCUT2D eigenvalue weighted by molar-refractivity contribution is 7.89. The van der Waals surface area contributed by atoms with Crippen LogP contribution in [0.15, 0.2) is 41.3 Å². The largest absolute Gasteiger partial charge is 0.417 e. The zero-order valence-electron chi connectivity index (χ0n) is 16.3. The Balaban J connectivity index is 1.68. The fraction of sp³-hybridized carbons (Fsp3) is 0.350. The van der Waals surface area contributed by atoms with Crippen LogP contribution in [0.4, 0.5) is 23.2 Å². The molecule has 1 saturated heterocycles. The molecule has 168 valence electrons. The fourth-order valence-electron chi connectivity index (χ4n) is 3.30. The number of hydrogen-bond donors (Lipinski definition) is 1. The molecule has 2 aromatic rings. The van der Waals surface area contributed by atoms with Crippen molar-refractivity contribution in [3.05, 3.63) is 58.4 Å². The maximum absolute atomic E-state index is 13.6. The molecule has 0 radical (unpaired) electrons. The number of carbonyl (C=O) groups excluding carboxylic acids is 1. The number of aryl methyl sites for hydroxylation is 1. The van der Waals surface area contributed by atoms with E-state index in [4.69, 9.17) is 11.6 Å². The highest BCUT2D eigenvalue weighted by Crippen LogP contribution is 2.37. The van der Waals surface area contributed by atoms with Crippen molar-refractivity contribution in [2.24, 2.45) is 5.92 Å². The molecule has 0 atom stereocenters. The van der Waals surface area contributed by atoms with Gasteiger partial charge in [-0.15, -0.1) is 0 Å². The predicted molar refractivity (Wildman–Crippen MR) is 108 cm³/mol. The third-order valence-corrected chi connectivity index (χ3v) is 7.37. The Bertz CT molecular complexity index is 1100. The summed E-state index contributed by atoms with van der Waals surface area (Å²) < 4.78 is 79.5. The van der Waals surface area contributed by atoms with Crippen LogP contribution in [-0.2, 0) is 21.0 Å². The molecule has 1 fully saturated rings. The van der Waals surface area contributed by atoms with Gasteiger partial charge in [-0.05, 0) is 55.7 Å². The maximum atomic E-state index is 13.6. The van der Waals surface area contributed by atoms with Crippen molar-refractivity contribution in [2.45, 2.75) is 30.8 Å². The lowest BCUT2D eigenvalue weighted by Gasteiger charge is -2.30. The number of rotatable bonds is 4. The minimum atomic E-state index is -4.79. The standard InChI is InChI=1S/C20H19ClF4N2O3S/c1-12-2-3-14(10-18(12)22)26-19(28)13-6-8-27(9-7-13)31(29,30)15-4-5-17(21)16(11-15)20(23,24)25/h2-5,10-11,13H,6-9H2,1H3,(H,26,28). The van der Waals surface area contributed by atoms with Crippen LogP contribution in [0.3, 0.4) is 0 Å². The van der Waals surface area contributed by atoms with Crippen LogP contribution in [-0.4, -0.2) is 31.7 Å². The number of nitrogens with one attached hydrogen (secondary N) is 1. The summed E-state index contributed by atoms with van der Waals surface area (Å²) in [4.78, 5) is 11.9. The lowest BCUT2D eigenvalue weighted by molar-refractivity contribution is -0.137. The molecule has 0 unspecified atom stereocenters. The van der Waals surface area contributed by atoms with Crippen molar-refractivity contribution < 1.29 is 30.8 Å². The second-order valence-electron chi connectivity index (χ2n) is 7.27. The van der Waals surface area contributed by atoms with E-state index in [2.05, 4.69) is 5.32 Å². The van der Waals surface area contributed by atoms with Crippen molar-refractivity contribution in [1.29, 1.82) is 0 Å². The molecule has 11 heteroatoms. The van der Waals surface area contributed by atoms with Crippen LogP contribution in [0.1, 0.15) is 24.0 Å². The second-order valence-corrected chi connectivity index (χ2v) is 9.62. The monoisotopic (exact) mass is 478 g/mol. The van der Waals surface area contributed by atoms with Gasteiger partial charge in [-0.3, -0.25) is 4.79 Å². The van der Waals surface area contributed by atoms with Crippen LogP contribution in [0.5, 0.6) is 0 Å². The van der Waals surface area contributed by atoms with Gasteiger partial charge in [0.05, 0.1) is 15.5 Å². The van der Waals surface area contributed by atoms with E-state index in [0.29, 0.717) is 17.3 Å². The van der Waals surface area contributed by atoms with E-state index in [1.807, 2.05) is 0 Å². The number of nitrogens with zero attached hydrogens (tertiary/aromatic N) is 1. The van der Waals surface area contributed by atoms with E-state index in [9.17, 15) is 30.8 Å². The molecule has 0 spiro atoms. The van der Waals surface area contributed by atoms with E-state index in [0.717, 1.165) is 16.4 Å². The third kappa shape index (κ3) is 5.19. The van der Waals surface area contributed by atoms with Gasteiger partial charge in [-0.2, -0.15) is 17.5 Å². The van der Waals surface area contributed by atoms with E-state index in [1.165, 1.54) is 12.1 Å². The second kappa shape index (κ2) is 8.76. The van der Waals surface area contributed by atoms with Gasteiger partial charge in [0.25, 0.3) is 0 Å². The summed E-state index contributed by atoms with van der Waals surface area (Å²) in [6.07, 6.45) is -4.43. The van der Waals surface area contributed by atoms with Crippen molar-refractivity contribution in [3.63, 3.8) is 0 Å². The summed E-state index contributed by atoms with van der Waals surface area (Å²) in [5.74, 6) is -1.34. The fourth-order valence-corrected chi connectivity index (χ4v) is 5.03. The van der Waals surface area contributed by atoms with Crippen LogP contribution in [0, 0.1) is 18.7 Å². The topological polar surface area (TPSA) is 66.5 Å². The number of amides is 1. The first-order chi connectivity index (χ1) is 14.4. The number of benzene rings is 2. The Morgan fingerprint density at radius 2 is 1.77 bits per heavy atom. The van der Waals surface area contributed by atoms with E-state index < -0.39 is 43.4 Å². The summed E-state index contributed by atoms with van der Waals surface area (Å²) in [5, 5.41) is 2.02. The summed E-state index contributed by atoms with van der Waals surface area (Å²) in [6, 6.07) is 6.74. The summed E-state index contributed by atoms with van der Waals surface area (Å²) in [6.45, 7) is 1.52. The quantitative estimate of drug-likeness (QED) is 0.639. The molecule has 1 N–H and O–H groups in total. The van der Waals surface area contributed by atoms with Gasteiger partial charge >= 0.3 is 6.18 Å². The highest BCUT2D eigenvalue weighted by Gasteiger charge is 2.37. The number of carbonyl (C=O) groups is 1. The van der Waals surface area contributed by atoms with E-state index in [-0.39, 0.29) is 31.8 Å². The minimum Gasteiger partial charge on any atom is -0.326 e. The summed E-state index contributed by atoms with van der Waals surface area (Å²) >= 11 is 5.56. The molecule has 1 aliphatic heterocycles. The highest BCUT2D eigenvalue weighted by atomic mass is 35.5. The van der Waals surface area contributed by atoms with E-state index in [1.54, 1.807) is 13.0 Å². The first kappa shape index (κ1) is 23.5. The third-order valence-electron chi connectivity index (χ3n) is 5.15. The van der Waals surface area contributed by atoms with Gasteiger partial charge in [0.1, 0.15) is 5.82 Å². The van der Waals surface area contributed by atoms with Crippen molar-refractivity contribution >= 4 is 33.2 Å². The maximum Gasteiger partial charge on any atom is 0.417 e. The molecule has 0 saturated carbocycles. The normalized spacial score (nSPS) is 16.3. The van der Waals surface area contributed by atoms with E-state index >= 15 is 0 Å². The number of alkyl halides is 3. The molecule has 0 bridgehead atoms. The first-order valence-electron chi connectivity index (χ1n) is 9.33. The predicted octanol–water partition coefficient (Wildman–Crippen LogP) is 4.85. The Kier molecular flexibility index (Phi) is 6.64. The Labute approximate surface area is 182 Å². The molecular weight excluding hydrogens is 460 g/mol. The number of anilines is 1. The molecular formula is C20H19ClF4N2O3S. The zero-order chi connectivity index (χ0) is 23.0. The Morgan fingerprint density at radius 3 is 2.35 bits per heavy atom. The lowest BCUT2D eigenvalue weighted by Crippen LogP contribution is -2.41. The van der Waals surface area contributed by atoms with Gasteiger partial charge in [-0.1, -0.05) is 17.7 Å². The molecule has 2 aromatic carbocycles. The SMILES string of the molecule is Cc1ccc(NC(=O)C2CCN(S(=O)(=O)c3ccc(Cl)c(C(F)(F)F)c3)CC2)cc1F. The molecule has 3 rings (SSSR count). The van der Waals surface area contributed by atoms with Crippen molar-refractivity contribution in [1.82, 2.24) is 4.31 Å². The van der Waals surface area contributed by atoms with Crippen LogP contribution >= 0.6 is 11.6 Å². The number of hydrogen-bond acceptors (Lipinski definition) is 3. The zero-order valence-corrected chi connectivity index (χ0v) is 17.9. The smallest absolute Gasteiger partial charge is 0.326 e. The summed E-state index contributed by atoms with van der Waals surface area (Å²) in [7, 11) is -4.19. The lowest BCUT2D eigenvalue weighted by atomic mass is 9.97. The number of halogens is 5. The average Bonchev–Trinajstić information content (AvgIpc) is 2.70. The average molecular weight is 479 g/mol. The molecule has 0 aromatic heterocycles. The Hall–Kier alpha value is -2.17. The van der Waals surface area contributed by atoms with Gasteiger partial charge in [-0.25, -0.2) is 12.8 Å². The van der Waals surface area contributed by atoms with Gasteiger partial charge < -0.3 is 5.32 Å². The molecule has 1 aliphatic rings. The van der Waals surface area contributed by atoms with Crippen LogP contribution in [0.25, 0.3) is 0 Å². The number of piperidine rings is 1. The van der Waals surface area contributed by atoms with Crippen LogP contribution < -0.4 is 5.32 Å². The molecule has 5 nitrogen and oxygen atoms in total. The van der Waals surface area contributed by atoms with Gasteiger partial charge in [0, 0.05) is 24.7 Å².